The first-order valence-corrected chi connectivity index (χ1v) is 10.8. The topological polar surface area (TPSA) is 82.0 Å². The molecule has 1 aliphatic carbocycles. The molecule has 0 spiro atoms. The number of aliphatic imine (C=N–C) groups is 1. The van der Waals surface area contributed by atoms with Crippen molar-refractivity contribution < 1.29 is 14.7 Å². The van der Waals surface area contributed by atoms with Crippen LogP contribution in [0.2, 0.25) is 0 Å². The normalized spacial score (nSPS) is 23.9. The summed E-state index contributed by atoms with van der Waals surface area (Å²) < 4.78 is 0. The molecule has 2 rings (SSSR count). The number of nitrogens with zero attached hydrogens (tertiary/aromatic N) is 2. The van der Waals surface area contributed by atoms with Crippen molar-refractivity contribution >= 4 is 17.8 Å². The van der Waals surface area contributed by atoms with Crippen molar-refractivity contribution in [2.75, 3.05) is 6.54 Å². The minimum atomic E-state index is -0.739. The van der Waals surface area contributed by atoms with Crippen molar-refractivity contribution in [2.45, 2.75) is 97.1 Å². The van der Waals surface area contributed by atoms with Crippen molar-refractivity contribution in [3.63, 3.8) is 0 Å². The van der Waals surface area contributed by atoms with E-state index in [1.54, 1.807) is 0 Å². The van der Waals surface area contributed by atoms with Gasteiger partial charge in [0.1, 0.15) is 5.84 Å². The standard InChI is InChI=1S/C21H37N3O3/c1-15(2)14-16(3)24-19(17-10-6-4-7-11-17)20(23-21(24)27)22-13-9-5-8-12-18(25)26/h15-17,19H,4-14H2,1-3H3,(H,25,26)(H,22,23,27). The van der Waals surface area contributed by atoms with Gasteiger partial charge in [-0.3, -0.25) is 15.1 Å². The van der Waals surface area contributed by atoms with Crippen LogP contribution < -0.4 is 5.32 Å². The summed E-state index contributed by atoms with van der Waals surface area (Å²) >= 11 is 0. The smallest absolute Gasteiger partial charge is 0.323 e. The Balaban J connectivity index is 2.03. The number of nitrogens with one attached hydrogen (secondary N) is 1. The molecule has 2 fully saturated rings. The second kappa shape index (κ2) is 10.7. The van der Waals surface area contributed by atoms with E-state index in [2.05, 4.69) is 31.0 Å². The zero-order valence-electron chi connectivity index (χ0n) is 17.2. The monoisotopic (exact) mass is 379 g/mol. The maximum absolute atomic E-state index is 12.7. The minimum absolute atomic E-state index is 0.00310. The van der Waals surface area contributed by atoms with Gasteiger partial charge in [0, 0.05) is 19.0 Å². The Kier molecular flexibility index (Phi) is 8.58. The van der Waals surface area contributed by atoms with Crippen LogP contribution in [0.15, 0.2) is 4.99 Å². The molecule has 6 nitrogen and oxygen atoms in total. The SMILES string of the molecule is CC(C)CC(C)N1C(=O)NC(=NCCCCCC(=O)O)C1C1CCCCC1. The van der Waals surface area contributed by atoms with Crippen LogP contribution in [0.25, 0.3) is 0 Å². The lowest BCUT2D eigenvalue weighted by atomic mass is 9.82. The van der Waals surface area contributed by atoms with Gasteiger partial charge in [0.15, 0.2) is 0 Å². The van der Waals surface area contributed by atoms with Crippen LogP contribution in [0, 0.1) is 11.8 Å². The van der Waals surface area contributed by atoms with Crippen LogP contribution >= 0.6 is 0 Å². The van der Waals surface area contributed by atoms with Crippen LogP contribution in [0.1, 0.15) is 85.0 Å². The van der Waals surface area contributed by atoms with E-state index >= 15 is 0 Å². The van der Waals surface area contributed by atoms with Crippen molar-refractivity contribution in [1.82, 2.24) is 10.2 Å². The lowest BCUT2D eigenvalue weighted by Crippen LogP contribution is -2.46. The van der Waals surface area contributed by atoms with E-state index in [1.807, 2.05) is 0 Å². The Labute approximate surface area is 163 Å². The van der Waals surface area contributed by atoms with Gasteiger partial charge >= 0.3 is 12.0 Å². The number of carboxylic acid groups (broad SMARTS) is 1. The molecule has 0 radical (unpaired) electrons. The molecule has 6 heteroatoms. The van der Waals surface area contributed by atoms with Gasteiger partial charge in [-0.25, -0.2) is 4.79 Å². The summed E-state index contributed by atoms with van der Waals surface area (Å²) in [5, 5.41) is 11.8. The number of urea groups is 1. The first-order valence-electron chi connectivity index (χ1n) is 10.8. The fraction of sp³-hybridized carbons (Fsp3) is 0.857. The largest absolute Gasteiger partial charge is 0.481 e. The highest BCUT2D eigenvalue weighted by atomic mass is 16.4. The maximum Gasteiger partial charge on any atom is 0.323 e. The van der Waals surface area contributed by atoms with Gasteiger partial charge in [0.05, 0.1) is 6.04 Å². The molecular formula is C21H37N3O3. The Bertz CT molecular complexity index is 527. The van der Waals surface area contributed by atoms with E-state index in [0.29, 0.717) is 24.8 Å². The maximum atomic E-state index is 12.7. The van der Waals surface area contributed by atoms with Gasteiger partial charge in [-0.15, -0.1) is 0 Å². The zero-order valence-corrected chi connectivity index (χ0v) is 17.2. The number of amidine groups is 1. The number of rotatable bonds is 10. The zero-order chi connectivity index (χ0) is 19.8. The molecule has 2 unspecified atom stereocenters. The molecule has 2 N–H and O–H groups in total. The van der Waals surface area contributed by atoms with E-state index in [4.69, 9.17) is 10.1 Å². The van der Waals surface area contributed by atoms with Gasteiger partial charge in [-0.1, -0.05) is 39.5 Å². The molecule has 1 heterocycles. The fourth-order valence-corrected chi connectivity index (χ4v) is 4.57. The molecular weight excluding hydrogens is 342 g/mol. The van der Waals surface area contributed by atoms with E-state index in [0.717, 1.165) is 25.1 Å². The molecule has 1 saturated heterocycles. The molecule has 27 heavy (non-hydrogen) atoms. The van der Waals surface area contributed by atoms with Gasteiger partial charge in [-0.05, 0) is 50.9 Å². The van der Waals surface area contributed by atoms with Crippen molar-refractivity contribution in [3.05, 3.63) is 0 Å². The second-order valence-corrected chi connectivity index (χ2v) is 8.63. The van der Waals surface area contributed by atoms with Crippen molar-refractivity contribution in [1.29, 1.82) is 0 Å². The van der Waals surface area contributed by atoms with Crippen molar-refractivity contribution in [2.24, 2.45) is 16.8 Å². The van der Waals surface area contributed by atoms with Crippen LogP contribution in [0.5, 0.6) is 0 Å². The molecule has 2 aliphatic rings. The first-order chi connectivity index (χ1) is 12.9. The second-order valence-electron chi connectivity index (χ2n) is 8.63. The molecule has 0 aromatic carbocycles. The van der Waals surface area contributed by atoms with E-state index < -0.39 is 5.97 Å². The first kappa shape index (κ1) is 21.7. The third-order valence-electron chi connectivity index (χ3n) is 5.76. The lowest BCUT2D eigenvalue weighted by molar-refractivity contribution is -0.137. The molecule has 2 atom stereocenters. The highest BCUT2D eigenvalue weighted by molar-refractivity contribution is 6.07. The predicted octanol–water partition coefficient (Wildman–Crippen LogP) is 4.44. The average Bonchev–Trinajstić information content (AvgIpc) is 2.94. The molecule has 154 valence electrons. The minimum Gasteiger partial charge on any atom is -0.481 e. The number of aliphatic carboxylic acids is 1. The highest BCUT2D eigenvalue weighted by Crippen LogP contribution is 2.33. The van der Waals surface area contributed by atoms with Crippen molar-refractivity contribution in [3.8, 4) is 0 Å². The molecule has 2 amide bonds. The summed E-state index contributed by atoms with van der Waals surface area (Å²) in [7, 11) is 0. The quantitative estimate of drug-likeness (QED) is 0.551. The van der Waals surface area contributed by atoms with Gasteiger partial charge in [0.25, 0.3) is 0 Å². The molecule has 0 bridgehead atoms. The van der Waals surface area contributed by atoms with Crippen LogP contribution in [0.4, 0.5) is 4.79 Å². The van der Waals surface area contributed by atoms with Gasteiger partial charge in [0.2, 0.25) is 0 Å². The van der Waals surface area contributed by atoms with Gasteiger partial charge in [-0.2, -0.15) is 0 Å². The van der Waals surface area contributed by atoms with E-state index in [1.165, 1.54) is 32.1 Å². The number of hydrogen-bond acceptors (Lipinski definition) is 3. The molecule has 1 aliphatic heterocycles. The number of carbonyl (C=O) groups is 2. The third-order valence-corrected chi connectivity index (χ3v) is 5.76. The number of carboxylic acids is 1. The lowest BCUT2D eigenvalue weighted by Gasteiger charge is -2.36. The fourth-order valence-electron chi connectivity index (χ4n) is 4.57. The van der Waals surface area contributed by atoms with Crippen LogP contribution in [0.3, 0.4) is 0 Å². The van der Waals surface area contributed by atoms with Crippen LogP contribution in [-0.2, 0) is 4.79 Å². The summed E-state index contributed by atoms with van der Waals surface area (Å²) in [4.78, 5) is 30.1. The number of carbonyl (C=O) groups excluding carboxylic acids is 1. The number of unbranched alkanes of at least 4 members (excludes halogenated alkanes) is 2. The molecule has 0 aromatic rings. The Morgan fingerprint density at radius 1 is 1.19 bits per heavy atom. The highest BCUT2D eigenvalue weighted by Gasteiger charge is 2.43. The predicted molar refractivity (Wildman–Crippen MR) is 108 cm³/mol. The summed E-state index contributed by atoms with van der Waals surface area (Å²) in [5.74, 6) is 1.16. The van der Waals surface area contributed by atoms with Crippen LogP contribution in [-0.4, -0.2) is 46.5 Å². The Morgan fingerprint density at radius 2 is 1.89 bits per heavy atom. The summed E-state index contributed by atoms with van der Waals surface area (Å²) in [6.07, 6.45) is 9.75. The number of amides is 2. The summed E-state index contributed by atoms with van der Waals surface area (Å²) in [5.41, 5.74) is 0. The number of hydrogen-bond donors (Lipinski definition) is 2. The Hall–Kier alpha value is -1.59. The van der Waals surface area contributed by atoms with Gasteiger partial charge < -0.3 is 10.0 Å². The molecule has 0 aromatic heterocycles. The van der Waals surface area contributed by atoms with E-state index in [-0.39, 0.29) is 24.5 Å². The molecule has 1 saturated carbocycles. The summed E-state index contributed by atoms with van der Waals surface area (Å²) in [6.45, 7) is 7.22. The summed E-state index contributed by atoms with van der Waals surface area (Å²) in [6, 6.07) is 0.300. The Morgan fingerprint density at radius 3 is 2.52 bits per heavy atom. The average molecular weight is 380 g/mol. The van der Waals surface area contributed by atoms with E-state index in [9.17, 15) is 9.59 Å². The third kappa shape index (κ3) is 6.51.